The highest BCUT2D eigenvalue weighted by atomic mass is 79.9. The van der Waals surface area contributed by atoms with E-state index in [1.165, 1.54) is 12.0 Å². The fraction of sp³-hybridized carbons (Fsp3) is 0.571. The van der Waals surface area contributed by atoms with Crippen molar-refractivity contribution in [1.82, 2.24) is 4.90 Å². The first-order chi connectivity index (χ1) is 8.54. The van der Waals surface area contributed by atoms with Gasteiger partial charge in [0.25, 0.3) is 0 Å². The molecule has 1 aliphatic heterocycles. The van der Waals surface area contributed by atoms with Crippen LogP contribution in [-0.2, 0) is 0 Å². The molecule has 1 saturated heterocycles. The Labute approximate surface area is 123 Å². The Morgan fingerprint density at radius 1 is 1.50 bits per heavy atom. The van der Waals surface area contributed by atoms with E-state index < -0.39 is 0 Å². The minimum absolute atomic E-state index is 0.403. The van der Waals surface area contributed by atoms with Crippen LogP contribution >= 0.6 is 27.5 Å². The molecular weight excluding hydrogens is 312 g/mol. The Bertz CT molecular complexity index is 422. The van der Waals surface area contributed by atoms with E-state index in [0.717, 1.165) is 22.6 Å². The number of nitrogens with two attached hydrogens (primary N) is 1. The number of halogens is 2. The van der Waals surface area contributed by atoms with Crippen molar-refractivity contribution in [3.63, 3.8) is 0 Å². The predicted molar refractivity (Wildman–Crippen MR) is 80.9 cm³/mol. The van der Waals surface area contributed by atoms with E-state index >= 15 is 0 Å². The van der Waals surface area contributed by atoms with Gasteiger partial charge in [-0.1, -0.05) is 17.7 Å². The van der Waals surface area contributed by atoms with Crippen LogP contribution in [0.5, 0.6) is 0 Å². The van der Waals surface area contributed by atoms with E-state index in [1.54, 1.807) is 0 Å². The first-order valence-electron chi connectivity index (χ1n) is 6.45. The van der Waals surface area contributed by atoms with Crippen LogP contribution in [0.3, 0.4) is 0 Å². The van der Waals surface area contributed by atoms with Crippen molar-refractivity contribution in [2.24, 2.45) is 11.7 Å². The molecule has 0 bridgehead atoms. The molecule has 0 aromatic heterocycles. The summed E-state index contributed by atoms with van der Waals surface area (Å²) in [7, 11) is 0. The molecule has 1 fully saturated rings. The predicted octanol–water partition coefficient (Wildman–Crippen LogP) is 3.83. The number of hydrogen-bond acceptors (Lipinski definition) is 2. The van der Waals surface area contributed by atoms with E-state index in [4.69, 9.17) is 17.3 Å². The molecular formula is C14H20BrClN2. The lowest BCUT2D eigenvalue weighted by Gasteiger charge is -2.31. The lowest BCUT2D eigenvalue weighted by atomic mass is 9.93. The first-order valence-corrected chi connectivity index (χ1v) is 7.62. The molecule has 1 aliphatic rings. The Balaban J connectivity index is 2.34. The zero-order chi connectivity index (χ0) is 13.3. The van der Waals surface area contributed by atoms with Gasteiger partial charge in [0.05, 0.1) is 5.02 Å². The van der Waals surface area contributed by atoms with Crippen LogP contribution in [0.25, 0.3) is 0 Å². The number of hydrogen-bond donors (Lipinski definition) is 1. The summed E-state index contributed by atoms with van der Waals surface area (Å²) in [4.78, 5) is 2.52. The monoisotopic (exact) mass is 330 g/mol. The first kappa shape index (κ1) is 14.3. The van der Waals surface area contributed by atoms with Gasteiger partial charge >= 0.3 is 0 Å². The van der Waals surface area contributed by atoms with Crippen molar-refractivity contribution >= 4 is 27.5 Å². The van der Waals surface area contributed by atoms with Gasteiger partial charge in [-0.25, -0.2) is 0 Å². The third kappa shape index (κ3) is 2.74. The van der Waals surface area contributed by atoms with Crippen molar-refractivity contribution in [3.8, 4) is 0 Å². The van der Waals surface area contributed by atoms with Crippen molar-refractivity contribution < 1.29 is 0 Å². The minimum atomic E-state index is 0.403. The van der Waals surface area contributed by atoms with Crippen LogP contribution in [0.1, 0.15) is 31.9 Å². The lowest BCUT2D eigenvalue weighted by Crippen LogP contribution is -2.33. The standard InChI is InChI=1S/C14H20BrClN2/c1-9(2)18-6-5-11(8-17)14(18)10-3-4-12(15)13(16)7-10/h3-4,7,9,11,14H,5-6,8,17H2,1-2H3. The molecule has 2 nitrogen and oxygen atoms in total. The van der Waals surface area contributed by atoms with Crippen LogP contribution in [0.4, 0.5) is 0 Å². The van der Waals surface area contributed by atoms with Gasteiger partial charge in [0, 0.05) is 16.6 Å². The second kappa shape index (κ2) is 5.91. The van der Waals surface area contributed by atoms with Gasteiger partial charge in [-0.3, -0.25) is 4.90 Å². The third-order valence-electron chi connectivity index (χ3n) is 3.81. The Morgan fingerprint density at radius 2 is 2.22 bits per heavy atom. The van der Waals surface area contributed by atoms with Crippen molar-refractivity contribution in [2.45, 2.75) is 32.4 Å². The van der Waals surface area contributed by atoms with Gasteiger partial charge in [0.2, 0.25) is 0 Å². The molecule has 1 aromatic carbocycles. The van der Waals surface area contributed by atoms with Gasteiger partial charge in [0.1, 0.15) is 0 Å². The molecule has 0 radical (unpaired) electrons. The Morgan fingerprint density at radius 3 is 2.78 bits per heavy atom. The van der Waals surface area contributed by atoms with Crippen LogP contribution < -0.4 is 5.73 Å². The second-order valence-corrected chi connectivity index (χ2v) is 6.50. The number of nitrogens with zero attached hydrogens (tertiary/aromatic N) is 1. The highest BCUT2D eigenvalue weighted by Gasteiger charge is 2.35. The lowest BCUT2D eigenvalue weighted by molar-refractivity contribution is 0.184. The average Bonchev–Trinajstić information content (AvgIpc) is 2.76. The quantitative estimate of drug-likeness (QED) is 0.912. The topological polar surface area (TPSA) is 29.3 Å². The summed E-state index contributed by atoms with van der Waals surface area (Å²) in [6.45, 7) is 6.35. The van der Waals surface area contributed by atoms with Crippen LogP contribution in [0, 0.1) is 5.92 Å². The second-order valence-electron chi connectivity index (χ2n) is 5.23. The zero-order valence-corrected chi connectivity index (χ0v) is 13.2. The van der Waals surface area contributed by atoms with Crippen LogP contribution in [0.2, 0.25) is 5.02 Å². The summed E-state index contributed by atoms with van der Waals surface area (Å²) in [5.41, 5.74) is 7.21. The van der Waals surface area contributed by atoms with Crippen molar-refractivity contribution in [2.75, 3.05) is 13.1 Å². The van der Waals surface area contributed by atoms with E-state index in [-0.39, 0.29) is 0 Å². The number of likely N-dealkylation sites (tertiary alicyclic amines) is 1. The Kier molecular flexibility index (Phi) is 4.70. The molecule has 0 saturated carbocycles. The molecule has 18 heavy (non-hydrogen) atoms. The van der Waals surface area contributed by atoms with Crippen LogP contribution in [-0.4, -0.2) is 24.0 Å². The summed E-state index contributed by atoms with van der Waals surface area (Å²) in [5.74, 6) is 0.532. The Hall–Kier alpha value is -0.0900. The summed E-state index contributed by atoms with van der Waals surface area (Å²) in [6.07, 6.45) is 1.17. The average molecular weight is 332 g/mol. The molecule has 100 valence electrons. The maximum absolute atomic E-state index is 6.21. The largest absolute Gasteiger partial charge is 0.330 e. The maximum atomic E-state index is 6.21. The normalized spacial score (nSPS) is 25.0. The van der Waals surface area contributed by atoms with E-state index in [2.05, 4.69) is 46.8 Å². The van der Waals surface area contributed by atoms with E-state index in [0.29, 0.717) is 18.0 Å². The molecule has 2 rings (SSSR count). The molecule has 2 atom stereocenters. The highest BCUT2D eigenvalue weighted by molar-refractivity contribution is 9.10. The van der Waals surface area contributed by atoms with E-state index in [9.17, 15) is 0 Å². The summed E-state index contributed by atoms with van der Waals surface area (Å²) >= 11 is 9.66. The summed E-state index contributed by atoms with van der Waals surface area (Å²) < 4.78 is 0.950. The third-order valence-corrected chi connectivity index (χ3v) is 5.05. The van der Waals surface area contributed by atoms with Gasteiger partial charge in [-0.15, -0.1) is 0 Å². The molecule has 4 heteroatoms. The number of benzene rings is 1. The smallest absolute Gasteiger partial charge is 0.0551 e. The van der Waals surface area contributed by atoms with Gasteiger partial charge in [-0.2, -0.15) is 0 Å². The van der Waals surface area contributed by atoms with Crippen molar-refractivity contribution in [3.05, 3.63) is 33.3 Å². The molecule has 0 aliphatic carbocycles. The fourth-order valence-corrected chi connectivity index (χ4v) is 3.30. The highest BCUT2D eigenvalue weighted by Crippen LogP contribution is 2.39. The summed E-state index contributed by atoms with van der Waals surface area (Å²) in [5, 5.41) is 0.777. The van der Waals surface area contributed by atoms with Gasteiger partial charge in [0.15, 0.2) is 0 Å². The molecule has 2 unspecified atom stereocenters. The van der Waals surface area contributed by atoms with E-state index in [1.807, 2.05) is 6.07 Å². The fourth-order valence-electron chi connectivity index (χ4n) is 2.87. The molecule has 1 aromatic rings. The minimum Gasteiger partial charge on any atom is -0.330 e. The van der Waals surface area contributed by atoms with Gasteiger partial charge in [-0.05, 0) is 72.9 Å². The number of rotatable bonds is 3. The maximum Gasteiger partial charge on any atom is 0.0551 e. The molecule has 0 amide bonds. The summed E-state index contributed by atoms with van der Waals surface area (Å²) in [6, 6.07) is 7.20. The zero-order valence-electron chi connectivity index (χ0n) is 10.9. The van der Waals surface area contributed by atoms with Crippen LogP contribution in [0.15, 0.2) is 22.7 Å². The molecule has 2 N–H and O–H groups in total. The molecule has 1 heterocycles. The van der Waals surface area contributed by atoms with Gasteiger partial charge < -0.3 is 5.73 Å². The SMILES string of the molecule is CC(C)N1CCC(CN)C1c1ccc(Br)c(Cl)c1. The molecule has 0 spiro atoms. The van der Waals surface area contributed by atoms with Crippen molar-refractivity contribution in [1.29, 1.82) is 0 Å².